The third-order valence-electron chi connectivity index (χ3n) is 2.44. The number of rotatable bonds is 5. The molecule has 0 amide bonds. The number of nitrogens with one attached hydrogen (secondary N) is 1. The summed E-state index contributed by atoms with van der Waals surface area (Å²) in [5.74, 6) is 0. The summed E-state index contributed by atoms with van der Waals surface area (Å²) in [6, 6.07) is 3.52. The molecule has 0 aliphatic rings. The SMILES string of the molecule is C=C(C)/C=C/c1cc(CC)c(Cl)cc1NS(C)(=O)=O. The molecule has 0 heterocycles. The van der Waals surface area contributed by atoms with Crippen LogP contribution in [0.3, 0.4) is 0 Å². The van der Waals surface area contributed by atoms with Crippen LogP contribution in [0, 0.1) is 0 Å². The fraction of sp³-hybridized carbons (Fsp3) is 0.286. The first-order chi connectivity index (χ1) is 8.73. The van der Waals surface area contributed by atoms with Crippen LogP contribution in [0.4, 0.5) is 5.69 Å². The normalized spacial score (nSPS) is 11.8. The van der Waals surface area contributed by atoms with Gasteiger partial charge in [-0.05, 0) is 36.6 Å². The van der Waals surface area contributed by atoms with Crippen LogP contribution in [-0.4, -0.2) is 14.7 Å². The maximum atomic E-state index is 11.4. The van der Waals surface area contributed by atoms with E-state index in [9.17, 15) is 8.42 Å². The van der Waals surface area contributed by atoms with Gasteiger partial charge in [0.15, 0.2) is 0 Å². The zero-order valence-corrected chi connectivity index (χ0v) is 12.9. The highest BCUT2D eigenvalue weighted by atomic mass is 35.5. The number of aryl methyl sites for hydroxylation is 1. The molecule has 104 valence electrons. The van der Waals surface area contributed by atoms with Gasteiger partial charge in [0.1, 0.15) is 0 Å². The fourth-order valence-electron chi connectivity index (χ4n) is 1.57. The van der Waals surface area contributed by atoms with E-state index >= 15 is 0 Å². The summed E-state index contributed by atoms with van der Waals surface area (Å²) in [4.78, 5) is 0. The molecular weight excluding hydrogens is 282 g/mol. The summed E-state index contributed by atoms with van der Waals surface area (Å²) < 4.78 is 25.2. The third kappa shape index (κ3) is 5.09. The van der Waals surface area contributed by atoms with Crippen LogP contribution >= 0.6 is 11.6 Å². The molecule has 0 unspecified atom stereocenters. The van der Waals surface area contributed by atoms with Crippen LogP contribution in [0.1, 0.15) is 25.0 Å². The first kappa shape index (κ1) is 15.8. The maximum Gasteiger partial charge on any atom is 0.229 e. The van der Waals surface area contributed by atoms with Gasteiger partial charge in [-0.25, -0.2) is 8.42 Å². The maximum absolute atomic E-state index is 11.4. The van der Waals surface area contributed by atoms with Crippen LogP contribution in [0.15, 0.2) is 30.4 Å². The molecule has 0 saturated heterocycles. The van der Waals surface area contributed by atoms with Crippen LogP contribution in [0.5, 0.6) is 0 Å². The standard InChI is InChI=1S/C14H18ClNO2S/c1-5-11-8-12(7-6-10(2)3)14(9-13(11)15)16-19(4,17)18/h6-9,16H,2,5H2,1,3-4H3/b7-6+. The highest BCUT2D eigenvalue weighted by Gasteiger charge is 2.09. The quantitative estimate of drug-likeness (QED) is 0.839. The first-order valence-electron chi connectivity index (χ1n) is 5.86. The molecule has 0 fully saturated rings. The second kappa shape index (κ2) is 6.26. The Hall–Kier alpha value is -1.26. The lowest BCUT2D eigenvalue weighted by Gasteiger charge is -2.11. The lowest BCUT2D eigenvalue weighted by Crippen LogP contribution is -2.11. The van der Waals surface area contributed by atoms with Crippen LogP contribution in [-0.2, 0) is 16.4 Å². The molecule has 0 aliphatic carbocycles. The Kier molecular flexibility index (Phi) is 5.20. The van der Waals surface area contributed by atoms with Crippen molar-refractivity contribution in [3.8, 4) is 0 Å². The van der Waals surface area contributed by atoms with E-state index in [1.54, 1.807) is 6.07 Å². The smallest absolute Gasteiger partial charge is 0.229 e. The third-order valence-corrected chi connectivity index (χ3v) is 3.38. The van der Waals surface area contributed by atoms with Crippen molar-refractivity contribution >= 4 is 33.4 Å². The molecule has 1 rings (SSSR count). The molecule has 0 spiro atoms. The second-order valence-corrected chi connectivity index (χ2v) is 6.59. The Labute approximate surface area is 120 Å². The molecule has 0 atom stereocenters. The summed E-state index contributed by atoms with van der Waals surface area (Å²) in [6.45, 7) is 7.65. The van der Waals surface area contributed by atoms with Gasteiger partial charge in [0.05, 0.1) is 11.9 Å². The first-order valence-corrected chi connectivity index (χ1v) is 8.13. The number of sulfonamides is 1. The molecule has 0 saturated carbocycles. The van der Waals surface area contributed by atoms with E-state index in [-0.39, 0.29) is 0 Å². The minimum absolute atomic E-state index is 0.474. The summed E-state index contributed by atoms with van der Waals surface area (Å²) in [5, 5.41) is 0.557. The summed E-state index contributed by atoms with van der Waals surface area (Å²) in [7, 11) is -3.34. The number of hydrogen-bond acceptors (Lipinski definition) is 2. The van der Waals surface area contributed by atoms with Crippen molar-refractivity contribution in [2.24, 2.45) is 0 Å². The van der Waals surface area contributed by atoms with E-state index in [1.807, 2.05) is 32.1 Å². The molecule has 19 heavy (non-hydrogen) atoms. The molecule has 0 bridgehead atoms. The zero-order chi connectivity index (χ0) is 14.6. The predicted molar refractivity (Wildman–Crippen MR) is 83.1 cm³/mol. The van der Waals surface area contributed by atoms with E-state index in [1.165, 1.54) is 0 Å². The molecule has 1 aromatic rings. The Morgan fingerprint density at radius 2 is 2.11 bits per heavy atom. The van der Waals surface area contributed by atoms with E-state index in [4.69, 9.17) is 11.6 Å². The number of hydrogen-bond donors (Lipinski definition) is 1. The lowest BCUT2D eigenvalue weighted by atomic mass is 10.1. The van der Waals surface area contributed by atoms with Crippen molar-refractivity contribution < 1.29 is 8.42 Å². The number of anilines is 1. The number of benzene rings is 1. The molecule has 0 aliphatic heterocycles. The minimum Gasteiger partial charge on any atom is -0.283 e. The van der Waals surface area contributed by atoms with Gasteiger partial charge >= 0.3 is 0 Å². The molecule has 1 N–H and O–H groups in total. The average molecular weight is 300 g/mol. The Morgan fingerprint density at radius 3 is 2.58 bits per heavy atom. The highest BCUT2D eigenvalue weighted by Crippen LogP contribution is 2.28. The van der Waals surface area contributed by atoms with E-state index < -0.39 is 10.0 Å². The van der Waals surface area contributed by atoms with Crippen molar-refractivity contribution in [1.82, 2.24) is 0 Å². The van der Waals surface area contributed by atoms with Crippen LogP contribution < -0.4 is 4.72 Å². The molecule has 5 heteroatoms. The second-order valence-electron chi connectivity index (χ2n) is 4.44. The monoisotopic (exact) mass is 299 g/mol. The summed E-state index contributed by atoms with van der Waals surface area (Å²) >= 11 is 6.12. The summed E-state index contributed by atoms with van der Waals surface area (Å²) in [6.07, 6.45) is 5.55. The molecule has 0 aromatic heterocycles. The Bertz CT molecular complexity index is 619. The Balaban J connectivity index is 3.34. The van der Waals surface area contributed by atoms with Gasteiger partial charge in [0, 0.05) is 5.02 Å². The van der Waals surface area contributed by atoms with Crippen molar-refractivity contribution in [3.63, 3.8) is 0 Å². The number of allylic oxidation sites excluding steroid dienone is 2. The minimum atomic E-state index is -3.34. The Morgan fingerprint density at radius 1 is 1.47 bits per heavy atom. The average Bonchev–Trinajstić information content (AvgIpc) is 2.25. The van der Waals surface area contributed by atoms with Gasteiger partial charge in [0.25, 0.3) is 0 Å². The van der Waals surface area contributed by atoms with Crippen molar-refractivity contribution in [3.05, 3.63) is 46.5 Å². The largest absolute Gasteiger partial charge is 0.283 e. The van der Waals surface area contributed by atoms with Gasteiger partial charge in [-0.15, -0.1) is 0 Å². The summed E-state index contributed by atoms with van der Waals surface area (Å²) in [5.41, 5.74) is 3.11. The van der Waals surface area contributed by atoms with Gasteiger partial charge in [-0.2, -0.15) is 0 Å². The van der Waals surface area contributed by atoms with E-state index in [2.05, 4.69) is 11.3 Å². The van der Waals surface area contributed by atoms with Crippen molar-refractivity contribution in [2.45, 2.75) is 20.3 Å². The fourth-order valence-corrected chi connectivity index (χ4v) is 2.44. The van der Waals surface area contributed by atoms with Crippen molar-refractivity contribution in [1.29, 1.82) is 0 Å². The molecule has 0 radical (unpaired) electrons. The molecule has 1 aromatic carbocycles. The van der Waals surface area contributed by atoms with Crippen LogP contribution in [0.2, 0.25) is 5.02 Å². The predicted octanol–water partition coefficient (Wildman–Crippen LogP) is 3.86. The topological polar surface area (TPSA) is 46.2 Å². The number of halogens is 1. The van der Waals surface area contributed by atoms with Crippen molar-refractivity contribution in [2.75, 3.05) is 11.0 Å². The van der Waals surface area contributed by atoms with Gasteiger partial charge in [-0.3, -0.25) is 4.72 Å². The molecule has 3 nitrogen and oxygen atoms in total. The van der Waals surface area contributed by atoms with Crippen LogP contribution in [0.25, 0.3) is 6.08 Å². The highest BCUT2D eigenvalue weighted by molar-refractivity contribution is 7.92. The molecular formula is C14H18ClNO2S. The van der Waals surface area contributed by atoms with E-state index in [0.29, 0.717) is 10.7 Å². The van der Waals surface area contributed by atoms with Gasteiger partial charge in [-0.1, -0.05) is 42.8 Å². The van der Waals surface area contributed by atoms with E-state index in [0.717, 1.165) is 29.4 Å². The van der Waals surface area contributed by atoms with Gasteiger partial charge < -0.3 is 0 Å². The zero-order valence-electron chi connectivity index (χ0n) is 11.3. The lowest BCUT2D eigenvalue weighted by molar-refractivity contribution is 0.607. The van der Waals surface area contributed by atoms with Gasteiger partial charge in [0.2, 0.25) is 10.0 Å².